The van der Waals surface area contributed by atoms with Gasteiger partial charge in [0, 0.05) is 24.9 Å². The van der Waals surface area contributed by atoms with Crippen LogP contribution in [0.25, 0.3) is 11.6 Å². The number of aryl methyl sites for hydroxylation is 3. The van der Waals surface area contributed by atoms with E-state index in [1.165, 1.54) is 6.08 Å². The number of amides is 1. The maximum Gasteiger partial charge on any atom is 0.275 e. The molecule has 3 saturated carbocycles. The van der Waals surface area contributed by atoms with Gasteiger partial charge in [0.25, 0.3) is 5.91 Å². The van der Waals surface area contributed by atoms with Gasteiger partial charge in [-0.05, 0) is 80.5 Å². The summed E-state index contributed by atoms with van der Waals surface area (Å²) >= 11 is 0. The zero-order chi connectivity index (χ0) is 27.9. The van der Waals surface area contributed by atoms with Crippen LogP contribution in [-0.2, 0) is 7.05 Å². The van der Waals surface area contributed by atoms with E-state index in [0.29, 0.717) is 41.8 Å². The van der Waals surface area contributed by atoms with Crippen LogP contribution in [0.4, 0.5) is 11.6 Å². The number of hydrogen-bond donors (Lipinski definition) is 2. The largest absolute Gasteiger partial charge is 0.438 e. The van der Waals surface area contributed by atoms with E-state index < -0.39 is 5.91 Å². The van der Waals surface area contributed by atoms with Gasteiger partial charge in [-0.15, -0.1) is 0 Å². The summed E-state index contributed by atoms with van der Waals surface area (Å²) in [6.07, 6.45) is 8.53. The number of nitrogens with zero attached hydrogens (tertiary/aromatic N) is 6. The molecule has 3 aliphatic rings. The summed E-state index contributed by atoms with van der Waals surface area (Å²) in [5.41, 5.74) is 3.62. The minimum Gasteiger partial charge on any atom is -0.438 e. The number of carbonyl (C=O) groups excluding carboxylic acids is 1. The van der Waals surface area contributed by atoms with E-state index in [1.54, 1.807) is 37.1 Å². The number of hydrogen-bond acceptors (Lipinski definition) is 8. The van der Waals surface area contributed by atoms with Crippen molar-refractivity contribution in [1.82, 2.24) is 19.7 Å². The van der Waals surface area contributed by atoms with Gasteiger partial charge in [-0.1, -0.05) is 6.58 Å². The maximum absolute atomic E-state index is 13.5. The molecule has 0 atom stereocenters. The van der Waals surface area contributed by atoms with Crippen LogP contribution in [0.5, 0.6) is 11.6 Å². The number of rotatable bonds is 8. The first kappa shape index (κ1) is 25.7. The molecular formula is C29H28N8O2. The highest BCUT2D eigenvalue weighted by Crippen LogP contribution is 2.67. The summed E-state index contributed by atoms with van der Waals surface area (Å²) in [5.74, 6) is 0.586. The van der Waals surface area contributed by atoms with Crippen molar-refractivity contribution in [3.8, 4) is 23.8 Å². The smallest absolute Gasteiger partial charge is 0.275 e. The van der Waals surface area contributed by atoms with Crippen LogP contribution in [0.2, 0.25) is 0 Å². The van der Waals surface area contributed by atoms with Crippen LogP contribution >= 0.6 is 0 Å². The normalized spacial score (nSPS) is 20.8. The second-order valence-corrected chi connectivity index (χ2v) is 10.6. The number of nitriles is 2. The average Bonchev–Trinajstić information content (AvgIpc) is 3.25. The molecule has 0 aliphatic heterocycles. The van der Waals surface area contributed by atoms with Gasteiger partial charge < -0.3 is 15.4 Å². The van der Waals surface area contributed by atoms with Crippen molar-refractivity contribution in [2.75, 3.05) is 10.6 Å². The molecule has 3 aromatic rings. The van der Waals surface area contributed by atoms with E-state index in [9.17, 15) is 10.1 Å². The number of ether oxygens (including phenoxy) is 1. The van der Waals surface area contributed by atoms with Crippen molar-refractivity contribution >= 4 is 29.2 Å². The highest BCUT2D eigenvalue weighted by Gasteiger charge is 2.69. The molecule has 1 amide bonds. The van der Waals surface area contributed by atoms with Crippen molar-refractivity contribution in [3.63, 3.8) is 0 Å². The zero-order valence-corrected chi connectivity index (χ0v) is 22.3. The van der Waals surface area contributed by atoms with E-state index in [0.717, 1.165) is 16.7 Å². The standard InChI is InChI=1S/C29H28N8O2/c1-17(2)22-23(25(38)33-21-11-32-37(5)12-21)34-27(36-29-13-28(14-29,15-29)16-31)35-26(22)39-24-18(3)9-20(7-6-8-30)10-19(24)4/h6-7,9-12H,1,13-15H2,2-5H3,(H,33,38)(H,34,35,36)/b7-6+. The van der Waals surface area contributed by atoms with Crippen LogP contribution in [0.1, 0.15) is 58.9 Å². The number of allylic oxidation sites excluding steroid dienone is 2. The summed E-state index contributed by atoms with van der Waals surface area (Å²) in [6.45, 7) is 9.67. The van der Waals surface area contributed by atoms with Gasteiger partial charge in [0.05, 0.1) is 35.0 Å². The quantitative estimate of drug-likeness (QED) is 0.381. The first-order chi connectivity index (χ1) is 18.6. The molecule has 0 unspecified atom stereocenters. The molecule has 3 fully saturated rings. The van der Waals surface area contributed by atoms with Gasteiger partial charge in [-0.2, -0.15) is 20.6 Å². The number of aromatic nitrogens is 4. The molecule has 1 aromatic carbocycles. The first-order valence-electron chi connectivity index (χ1n) is 12.5. The number of benzene rings is 1. The van der Waals surface area contributed by atoms with Crippen LogP contribution in [-0.4, -0.2) is 31.2 Å². The first-order valence-corrected chi connectivity index (χ1v) is 12.5. The highest BCUT2D eigenvalue weighted by molar-refractivity contribution is 6.06. The van der Waals surface area contributed by atoms with E-state index in [-0.39, 0.29) is 28.5 Å². The Morgan fingerprint density at radius 2 is 1.90 bits per heavy atom. The Kier molecular flexibility index (Phi) is 6.20. The van der Waals surface area contributed by atoms with E-state index in [1.807, 2.05) is 32.0 Å². The lowest BCUT2D eigenvalue weighted by molar-refractivity contribution is -0.0665. The summed E-state index contributed by atoms with van der Waals surface area (Å²) < 4.78 is 8.00. The van der Waals surface area contributed by atoms with Crippen molar-refractivity contribution in [2.24, 2.45) is 12.5 Å². The molecule has 10 nitrogen and oxygen atoms in total. The Morgan fingerprint density at radius 3 is 2.46 bits per heavy atom. The molecule has 2 bridgehead atoms. The third-order valence-corrected chi connectivity index (χ3v) is 7.16. The monoisotopic (exact) mass is 520 g/mol. The van der Waals surface area contributed by atoms with Crippen LogP contribution in [0.15, 0.2) is 37.2 Å². The second kappa shape index (κ2) is 9.41. The molecule has 2 N–H and O–H groups in total. The zero-order valence-electron chi connectivity index (χ0n) is 22.3. The highest BCUT2D eigenvalue weighted by atomic mass is 16.5. The molecular weight excluding hydrogens is 492 g/mol. The van der Waals surface area contributed by atoms with Crippen molar-refractivity contribution < 1.29 is 9.53 Å². The molecule has 196 valence electrons. The van der Waals surface area contributed by atoms with E-state index >= 15 is 0 Å². The number of nitrogens with one attached hydrogen (secondary N) is 2. The van der Waals surface area contributed by atoms with Gasteiger partial charge in [0.2, 0.25) is 11.8 Å². The molecule has 0 spiro atoms. The fraction of sp³-hybridized carbons (Fsp3) is 0.310. The van der Waals surface area contributed by atoms with Gasteiger partial charge in [0.1, 0.15) is 11.4 Å². The Bertz CT molecular complexity index is 1590. The van der Waals surface area contributed by atoms with Crippen molar-refractivity contribution in [1.29, 1.82) is 10.5 Å². The van der Waals surface area contributed by atoms with Gasteiger partial charge >= 0.3 is 0 Å². The van der Waals surface area contributed by atoms with E-state index in [4.69, 9.17) is 15.0 Å². The minimum atomic E-state index is -0.451. The average molecular weight is 521 g/mol. The molecule has 2 aromatic heterocycles. The lowest BCUT2D eigenvalue weighted by atomic mass is 9.40. The lowest BCUT2D eigenvalue weighted by Gasteiger charge is -2.66. The Labute approximate surface area is 226 Å². The second-order valence-electron chi connectivity index (χ2n) is 10.6. The Balaban J connectivity index is 1.56. The third-order valence-electron chi connectivity index (χ3n) is 7.16. The molecule has 0 saturated heterocycles. The molecule has 10 heteroatoms. The summed E-state index contributed by atoms with van der Waals surface area (Å²) in [6, 6.07) is 8.23. The van der Waals surface area contributed by atoms with Crippen LogP contribution in [0.3, 0.4) is 0 Å². The van der Waals surface area contributed by atoms with Crippen molar-refractivity contribution in [2.45, 2.75) is 45.6 Å². The molecule has 0 radical (unpaired) electrons. The topological polar surface area (TPSA) is 142 Å². The summed E-state index contributed by atoms with van der Waals surface area (Å²) in [5, 5.41) is 28.6. The maximum atomic E-state index is 13.5. The van der Waals surface area contributed by atoms with Gasteiger partial charge in [-0.25, -0.2) is 4.98 Å². The fourth-order valence-electron chi connectivity index (χ4n) is 5.54. The van der Waals surface area contributed by atoms with E-state index in [2.05, 4.69) is 33.4 Å². The molecule has 6 rings (SSSR count). The predicted molar refractivity (Wildman–Crippen MR) is 147 cm³/mol. The number of anilines is 2. The van der Waals surface area contributed by atoms with Crippen LogP contribution < -0.4 is 15.4 Å². The molecule has 3 aliphatic carbocycles. The molecule has 39 heavy (non-hydrogen) atoms. The van der Waals surface area contributed by atoms with Crippen LogP contribution in [0, 0.1) is 41.9 Å². The lowest BCUT2D eigenvalue weighted by Crippen LogP contribution is -2.70. The van der Waals surface area contributed by atoms with Gasteiger partial charge in [-0.3, -0.25) is 9.48 Å². The number of carbonyl (C=O) groups is 1. The SMILES string of the molecule is C=C(C)c1c(Oc2c(C)cc(/C=C/C#N)cc2C)nc(NC23CC(C#N)(C2)C3)nc1C(=O)Nc1cnn(C)c1. The Hall–Kier alpha value is -4.96. The Morgan fingerprint density at radius 1 is 1.21 bits per heavy atom. The predicted octanol–water partition coefficient (Wildman–Crippen LogP) is 5.30. The minimum absolute atomic E-state index is 0.115. The fourth-order valence-corrected chi connectivity index (χ4v) is 5.54. The van der Waals surface area contributed by atoms with Gasteiger partial charge in [0.15, 0.2) is 0 Å². The molecule has 2 heterocycles. The summed E-state index contributed by atoms with van der Waals surface area (Å²) in [4.78, 5) is 22.8. The summed E-state index contributed by atoms with van der Waals surface area (Å²) in [7, 11) is 1.76. The third kappa shape index (κ3) is 4.73. The van der Waals surface area contributed by atoms with Crippen molar-refractivity contribution in [3.05, 3.63) is 65.1 Å².